The average molecular weight is 289 g/mol. The fraction of sp³-hybridized carbons (Fsp3) is 0.375. The SMILES string of the molecule is CCOC(=O)CCNCc1cc(=O)oc2cc(C)ccc12. The highest BCUT2D eigenvalue weighted by Gasteiger charge is 2.06. The van der Waals surface area contributed by atoms with E-state index in [9.17, 15) is 9.59 Å². The van der Waals surface area contributed by atoms with Crippen LogP contribution in [-0.4, -0.2) is 19.1 Å². The number of benzene rings is 1. The molecule has 0 bridgehead atoms. The maximum Gasteiger partial charge on any atom is 0.336 e. The van der Waals surface area contributed by atoms with Gasteiger partial charge in [0.1, 0.15) is 5.58 Å². The number of aryl methyl sites for hydroxylation is 1. The van der Waals surface area contributed by atoms with E-state index in [1.807, 2.05) is 25.1 Å². The summed E-state index contributed by atoms with van der Waals surface area (Å²) in [4.78, 5) is 22.8. The van der Waals surface area contributed by atoms with Crippen LogP contribution in [-0.2, 0) is 16.1 Å². The Kier molecular flexibility index (Phi) is 5.11. The first kappa shape index (κ1) is 15.3. The molecule has 0 aliphatic carbocycles. The van der Waals surface area contributed by atoms with Crippen LogP contribution in [0.15, 0.2) is 33.5 Å². The van der Waals surface area contributed by atoms with Crippen molar-refractivity contribution in [1.29, 1.82) is 0 Å². The number of hydrogen-bond acceptors (Lipinski definition) is 5. The van der Waals surface area contributed by atoms with Crippen LogP contribution in [0.4, 0.5) is 0 Å². The minimum Gasteiger partial charge on any atom is -0.466 e. The third kappa shape index (κ3) is 4.16. The molecule has 5 heteroatoms. The van der Waals surface area contributed by atoms with Gasteiger partial charge in [-0.05, 0) is 31.0 Å². The molecule has 1 aromatic heterocycles. The summed E-state index contributed by atoms with van der Waals surface area (Å²) in [5, 5.41) is 4.05. The smallest absolute Gasteiger partial charge is 0.336 e. The van der Waals surface area contributed by atoms with Crippen molar-refractivity contribution in [3.05, 3.63) is 45.8 Å². The lowest BCUT2D eigenvalue weighted by Gasteiger charge is -2.07. The number of rotatable bonds is 6. The molecular formula is C16H19NO4. The lowest BCUT2D eigenvalue weighted by atomic mass is 10.1. The summed E-state index contributed by atoms with van der Waals surface area (Å²) in [5.74, 6) is -0.224. The molecule has 112 valence electrons. The van der Waals surface area contributed by atoms with Crippen LogP contribution in [0.2, 0.25) is 0 Å². The second kappa shape index (κ2) is 7.04. The minimum atomic E-state index is -0.365. The zero-order valence-corrected chi connectivity index (χ0v) is 12.3. The Morgan fingerprint density at radius 2 is 2.14 bits per heavy atom. The molecule has 0 unspecified atom stereocenters. The molecule has 1 heterocycles. The first-order valence-electron chi connectivity index (χ1n) is 7.00. The molecule has 0 aliphatic heterocycles. The van der Waals surface area contributed by atoms with E-state index >= 15 is 0 Å². The van der Waals surface area contributed by atoms with Crippen molar-refractivity contribution < 1.29 is 13.9 Å². The second-order valence-corrected chi connectivity index (χ2v) is 4.82. The fourth-order valence-corrected chi connectivity index (χ4v) is 2.13. The first-order chi connectivity index (χ1) is 10.1. The van der Waals surface area contributed by atoms with E-state index in [0.717, 1.165) is 16.5 Å². The quantitative estimate of drug-likeness (QED) is 0.501. The zero-order valence-electron chi connectivity index (χ0n) is 12.3. The molecular weight excluding hydrogens is 270 g/mol. The third-order valence-electron chi connectivity index (χ3n) is 3.11. The molecule has 2 rings (SSSR count). The van der Waals surface area contributed by atoms with Gasteiger partial charge in [-0.3, -0.25) is 4.79 Å². The first-order valence-corrected chi connectivity index (χ1v) is 7.00. The molecule has 0 spiro atoms. The van der Waals surface area contributed by atoms with Gasteiger partial charge in [0.15, 0.2) is 0 Å². The molecule has 1 aromatic carbocycles. The highest BCUT2D eigenvalue weighted by molar-refractivity contribution is 5.80. The van der Waals surface area contributed by atoms with E-state index in [0.29, 0.717) is 31.7 Å². The molecule has 1 N–H and O–H groups in total. The predicted molar refractivity (Wildman–Crippen MR) is 80.2 cm³/mol. The van der Waals surface area contributed by atoms with E-state index in [4.69, 9.17) is 9.15 Å². The lowest BCUT2D eigenvalue weighted by molar-refractivity contribution is -0.142. The van der Waals surface area contributed by atoms with E-state index in [2.05, 4.69) is 5.32 Å². The number of carbonyl (C=O) groups excluding carboxylic acids is 1. The fourth-order valence-electron chi connectivity index (χ4n) is 2.13. The molecule has 0 amide bonds. The van der Waals surface area contributed by atoms with Crippen molar-refractivity contribution in [3.8, 4) is 0 Å². The number of fused-ring (bicyclic) bond motifs is 1. The summed E-state index contributed by atoms with van der Waals surface area (Å²) in [6.07, 6.45) is 0.312. The van der Waals surface area contributed by atoms with Crippen molar-refractivity contribution in [2.45, 2.75) is 26.8 Å². The maximum atomic E-state index is 11.6. The maximum absolute atomic E-state index is 11.6. The standard InChI is InChI=1S/C16H19NO4/c1-3-20-15(18)6-7-17-10-12-9-16(19)21-14-8-11(2)4-5-13(12)14/h4-5,8-9,17H,3,6-7,10H2,1-2H3. The van der Waals surface area contributed by atoms with Crippen LogP contribution in [0.1, 0.15) is 24.5 Å². The summed E-state index contributed by atoms with van der Waals surface area (Å²) in [6, 6.07) is 7.24. The molecule has 2 aromatic rings. The minimum absolute atomic E-state index is 0.224. The number of ether oxygens (including phenoxy) is 1. The molecule has 0 saturated heterocycles. The summed E-state index contributed by atoms with van der Waals surface area (Å²) in [6.45, 7) is 5.13. The Labute approximate surface area is 122 Å². The zero-order chi connectivity index (χ0) is 15.2. The summed E-state index contributed by atoms with van der Waals surface area (Å²) in [7, 11) is 0. The van der Waals surface area contributed by atoms with Crippen LogP contribution in [0, 0.1) is 6.92 Å². The lowest BCUT2D eigenvalue weighted by Crippen LogP contribution is -2.20. The van der Waals surface area contributed by atoms with E-state index in [1.165, 1.54) is 6.07 Å². The summed E-state index contributed by atoms with van der Waals surface area (Å²) in [5.41, 5.74) is 2.13. The van der Waals surface area contributed by atoms with Crippen molar-refractivity contribution >= 4 is 16.9 Å². The van der Waals surface area contributed by atoms with Crippen molar-refractivity contribution in [2.24, 2.45) is 0 Å². The Morgan fingerprint density at radius 1 is 1.33 bits per heavy atom. The van der Waals surface area contributed by atoms with Gasteiger partial charge in [-0.25, -0.2) is 4.79 Å². The van der Waals surface area contributed by atoms with Gasteiger partial charge < -0.3 is 14.5 Å². The molecule has 0 radical (unpaired) electrons. The van der Waals surface area contributed by atoms with E-state index in [-0.39, 0.29) is 11.6 Å². The van der Waals surface area contributed by atoms with Crippen LogP contribution >= 0.6 is 0 Å². The Hall–Kier alpha value is -2.14. The summed E-state index contributed by atoms with van der Waals surface area (Å²) < 4.78 is 10.1. The topological polar surface area (TPSA) is 68.5 Å². The van der Waals surface area contributed by atoms with Gasteiger partial charge in [-0.1, -0.05) is 12.1 Å². The normalized spacial score (nSPS) is 10.8. The van der Waals surface area contributed by atoms with Crippen LogP contribution in [0.25, 0.3) is 11.0 Å². The van der Waals surface area contributed by atoms with Gasteiger partial charge in [0, 0.05) is 24.5 Å². The number of nitrogens with one attached hydrogen (secondary N) is 1. The van der Waals surface area contributed by atoms with Gasteiger partial charge in [0.25, 0.3) is 0 Å². The molecule has 0 fully saturated rings. The van der Waals surface area contributed by atoms with Crippen LogP contribution in [0.5, 0.6) is 0 Å². The number of hydrogen-bond donors (Lipinski definition) is 1. The van der Waals surface area contributed by atoms with Gasteiger partial charge in [0.2, 0.25) is 0 Å². The van der Waals surface area contributed by atoms with Crippen LogP contribution < -0.4 is 10.9 Å². The molecule has 21 heavy (non-hydrogen) atoms. The predicted octanol–water partition coefficient (Wildman–Crippen LogP) is 2.14. The number of carbonyl (C=O) groups is 1. The molecule has 5 nitrogen and oxygen atoms in total. The second-order valence-electron chi connectivity index (χ2n) is 4.82. The summed E-state index contributed by atoms with van der Waals surface area (Å²) >= 11 is 0. The molecule has 0 aliphatic rings. The van der Waals surface area contributed by atoms with Gasteiger partial charge in [-0.15, -0.1) is 0 Å². The van der Waals surface area contributed by atoms with Crippen molar-refractivity contribution in [3.63, 3.8) is 0 Å². The third-order valence-corrected chi connectivity index (χ3v) is 3.11. The van der Waals surface area contributed by atoms with Crippen LogP contribution in [0.3, 0.4) is 0 Å². The highest BCUT2D eigenvalue weighted by atomic mass is 16.5. The van der Waals surface area contributed by atoms with Crippen molar-refractivity contribution in [2.75, 3.05) is 13.2 Å². The van der Waals surface area contributed by atoms with Gasteiger partial charge >= 0.3 is 11.6 Å². The van der Waals surface area contributed by atoms with Crippen molar-refractivity contribution in [1.82, 2.24) is 5.32 Å². The largest absolute Gasteiger partial charge is 0.466 e. The molecule has 0 atom stereocenters. The van der Waals surface area contributed by atoms with E-state index in [1.54, 1.807) is 6.92 Å². The molecule has 0 saturated carbocycles. The Balaban J connectivity index is 2.05. The van der Waals surface area contributed by atoms with E-state index < -0.39 is 0 Å². The Morgan fingerprint density at radius 3 is 2.90 bits per heavy atom. The average Bonchev–Trinajstić information content (AvgIpc) is 2.43. The van der Waals surface area contributed by atoms with Gasteiger partial charge in [-0.2, -0.15) is 0 Å². The Bertz CT molecular complexity index is 690. The number of esters is 1. The van der Waals surface area contributed by atoms with Gasteiger partial charge in [0.05, 0.1) is 13.0 Å². The monoisotopic (exact) mass is 289 g/mol. The highest BCUT2D eigenvalue weighted by Crippen LogP contribution is 2.18.